The van der Waals surface area contributed by atoms with Crippen LogP contribution in [0.2, 0.25) is 0 Å². The molecule has 0 aliphatic rings. The number of hydrogen-bond acceptors (Lipinski definition) is 5. The molecule has 0 saturated heterocycles. The third-order valence-corrected chi connectivity index (χ3v) is 2.85. The van der Waals surface area contributed by atoms with Crippen molar-refractivity contribution in [2.45, 2.75) is 5.75 Å². The van der Waals surface area contributed by atoms with E-state index in [1.54, 1.807) is 0 Å². The quantitative estimate of drug-likeness (QED) is 0.864. The van der Waals surface area contributed by atoms with Gasteiger partial charge in [0.15, 0.2) is 0 Å². The summed E-state index contributed by atoms with van der Waals surface area (Å²) in [6.07, 6.45) is 0. The summed E-state index contributed by atoms with van der Waals surface area (Å²) in [7, 11) is 0. The molecule has 0 saturated carbocycles. The first kappa shape index (κ1) is 10.5. The van der Waals surface area contributed by atoms with Crippen LogP contribution in [0.3, 0.4) is 0 Å². The van der Waals surface area contributed by atoms with E-state index in [2.05, 4.69) is 10.1 Å². The summed E-state index contributed by atoms with van der Waals surface area (Å²) in [5.41, 5.74) is 6.57. The van der Waals surface area contributed by atoms with E-state index in [4.69, 9.17) is 11.0 Å². The van der Waals surface area contributed by atoms with Crippen molar-refractivity contribution < 1.29 is 0 Å². The van der Waals surface area contributed by atoms with E-state index in [0.717, 1.165) is 11.3 Å². The van der Waals surface area contributed by atoms with Crippen LogP contribution < -0.4 is 5.73 Å². The van der Waals surface area contributed by atoms with Gasteiger partial charge in [-0.05, 0) is 17.5 Å². The fourth-order valence-corrected chi connectivity index (χ4v) is 1.99. The molecule has 1 heterocycles. The number of benzene rings is 1. The Labute approximate surface area is 97.0 Å². The van der Waals surface area contributed by atoms with E-state index < -0.39 is 0 Å². The Hall–Kier alpha value is -2.00. The van der Waals surface area contributed by atoms with Gasteiger partial charge in [-0.2, -0.15) is 14.3 Å². The lowest BCUT2D eigenvalue weighted by atomic mass is 10.2. The van der Waals surface area contributed by atoms with Crippen molar-refractivity contribution in [1.29, 1.82) is 5.26 Å². The van der Waals surface area contributed by atoms with Gasteiger partial charge in [0, 0.05) is 5.75 Å². The minimum atomic E-state index is 0.122. The van der Waals surface area contributed by atoms with Crippen LogP contribution in [0, 0.1) is 11.3 Å². The van der Waals surface area contributed by atoms with Gasteiger partial charge in [-0.25, -0.2) is 0 Å². The molecule has 6 heteroatoms. The summed E-state index contributed by atoms with van der Waals surface area (Å²) < 4.78 is 1.45. The van der Waals surface area contributed by atoms with Crippen LogP contribution in [0.15, 0.2) is 30.3 Å². The Bertz CT molecular complexity index is 514. The summed E-state index contributed by atoms with van der Waals surface area (Å²) in [4.78, 5) is 3.79. The van der Waals surface area contributed by atoms with E-state index in [1.807, 2.05) is 36.4 Å². The number of nitrogens with two attached hydrogens (primary N) is 1. The lowest BCUT2D eigenvalue weighted by Gasteiger charge is -2.00. The zero-order valence-electron chi connectivity index (χ0n) is 8.37. The SMILES string of the molecule is N#Cc1nc(N)nn1SCc1ccccc1. The molecule has 80 valence electrons. The van der Waals surface area contributed by atoms with Gasteiger partial charge >= 0.3 is 0 Å². The Morgan fingerprint density at radius 1 is 1.38 bits per heavy atom. The molecule has 5 nitrogen and oxygen atoms in total. The Balaban J connectivity index is 2.08. The molecule has 0 fully saturated rings. The molecular formula is C10H9N5S. The molecule has 1 aromatic heterocycles. The van der Waals surface area contributed by atoms with Crippen molar-refractivity contribution in [2.24, 2.45) is 0 Å². The highest BCUT2D eigenvalue weighted by Gasteiger charge is 2.07. The smallest absolute Gasteiger partial charge is 0.243 e. The van der Waals surface area contributed by atoms with Crippen LogP contribution in [-0.4, -0.2) is 14.2 Å². The van der Waals surface area contributed by atoms with Gasteiger partial charge in [-0.15, -0.1) is 5.10 Å². The van der Waals surface area contributed by atoms with Gasteiger partial charge in [0.1, 0.15) is 6.07 Å². The zero-order chi connectivity index (χ0) is 11.4. The highest BCUT2D eigenvalue weighted by molar-refractivity contribution is 7.96. The molecule has 1 aromatic carbocycles. The van der Waals surface area contributed by atoms with E-state index >= 15 is 0 Å². The fourth-order valence-electron chi connectivity index (χ4n) is 1.18. The summed E-state index contributed by atoms with van der Waals surface area (Å²) >= 11 is 1.39. The number of nitrogen functional groups attached to an aromatic ring is 1. The molecule has 2 aromatic rings. The van der Waals surface area contributed by atoms with Crippen molar-refractivity contribution >= 4 is 17.9 Å². The minimum absolute atomic E-state index is 0.122. The average molecular weight is 231 g/mol. The van der Waals surface area contributed by atoms with Crippen LogP contribution in [-0.2, 0) is 5.75 Å². The molecule has 0 radical (unpaired) electrons. The zero-order valence-corrected chi connectivity index (χ0v) is 9.18. The third kappa shape index (κ3) is 2.32. The van der Waals surface area contributed by atoms with E-state index in [1.165, 1.54) is 16.0 Å². The van der Waals surface area contributed by atoms with Gasteiger partial charge in [-0.3, -0.25) is 0 Å². The van der Waals surface area contributed by atoms with Crippen molar-refractivity contribution in [3.63, 3.8) is 0 Å². The summed E-state index contributed by atoms with van der Waals surface area (Å²) in [5.74, 6) is 1.06. The molecule has 2 N–H and O–H groups in total. The number of anilines is 1. The number of aromatic nitrogens is 3. The molecule has 16 heavy (non-hydrogen) atoms. The molecule has 0 unspecified atom stereocenters. The second kappa shape index (κ2) is 4.68. The number of hydrogen-bond donors (Lipinski definition) is 1. The third-order valence-electron chi connectivity index (χ3n) is 1.89. The highest BCUT2D eigenvalue weighted by atomic mass is 32.2. The number of rotatable bonds is 3. The van der Waals surface area contributed by atoms with Crippen LogP contribution in [0.4, 0.5) is 5.95 Å². The van der Waals surface area contributed by atoms with Crippen LogP contribution in [0.5, 0.6) is 0 Å². The van der Waals surface area contributed by atoms with Crippen molar-refractivity contribution in [2.75, 3.05) is 5.73 Å². The minimum Gasteiger partial charge on any atom is -0.366 e. The lowest BCUT2D eigenvalue weighted by Crippen LogP contribution is -1.95. The highest BCUT2D eigenvalue weighted by Crippen LogP contribution is 2.15. The van der Waals surface area contributed by atoms with Crippen molar-refractivity contribution in [3.8, 4) is 6.07 Å². The molecule has 0 atom stereocenters. The molecule has 0 aliphatic heterocycles. The fraction of sp³-hybridized carbons (Fsp3) is 0.100. The number of nitrogens with zero attached hydrogens (tertiary/aromatic N) is 4. The topological polar surface area (TPSA) is 80.5 Å². The van der Waals surface area contributed by atoms with E-state index in [-0.39, 0.29) is 11.8 Å². The first-order chi connectivity index (χ1) is 7.79. The molecule has 0 aliphatic carbocycles. The van der Waals surface area contributed by atoms with E-state index in [0.29, 0.717) is 0 Å². The monoisotopic (exact) mass is 231 g/mol. The van der Waals surface area contributed by atoms with E-state index in [9.17, 15) is 0 Å². The van der Waals surface area contributed by atoms with Gasteiger partial charge in [0.25, 0.3) is 0 Å². The Morgan fingerprint density at radius 2 is 2.12 bits per heavy atom. The van der Waals surface area contributed by atoms with Gasteiger partial charge in [0.05, 0.1) is 0 Å². The van der Waals surface area contributed by atoms with Gasteiger partial charge in [-0.1, -0.05) is 30.3 Å². The lowest BCUT2D eigenvalue weighted by molar-refractivity contribution is 0.990. The largest absolute Gasteiger partial charge is 0.366 e. The maximum atomic E-state index is 8.79. The Kier molecular flexibility index (Phi) is 3.08. The molecule has 0 spiro atoms. The standard InChI is InChI=1S/C10H9N5S/c11-6-9-13-10(12)14-15(9)16-7-8-4-2-1-3-5-8/h1-5H,7H2,(H2,12,14). The van der Waals surface area contributed by atoms with Gasteiger partial charge < -0.3 is 5.73 Å². The normalized spacial score (nSPS) is 9.94. The summed E-state index contributed by atoms with van der Waals surface area (Å²) in [6.45, 7) is 0. The van der Waals surface area contributed by atoms with Crippen LogP contribution in [0.1, 0.15) is 11.4 Å². The van der Waals surface area contributed by atoms with Crippen molar-refractivity contribution in [3.05, 3.63) is 41.7 Å². The summed E-state index contributed by atoms with van der Waals surface area (Å²) in [6, 6.07) is 11.9. The van der Waals surface area contributed by atoms with Gasteiger partial charge in [0.2, 0.25) is 11.8 Å². The second-order valence-corrected chi connectivity index (χ2v) is 3.93. The van der Waals surface area contributed by atoms with Crippen LogP contribution in [0.25, 0.3) is 0 Å². The predicted octanol–water partition coefficient (Wildman–Crippen LogP) is 1.43. The first-order valence-electron chi connectivity index (χ1n) is 4.59. The molecular weight excluding hydrogens is 222 g/mol. The summed E-state index contributed by atoms with van der Waals surface area (Å²) in [5, 5.41) is 12.7. The molecule has 2 rings (SSSR count). The Morgan fingerprint density at radius 3 is 2.81 bits per heavy atom. The maximum absolute atomic E-state index is 8.79. The van der Waals surface area contributed by atoms with Crippen molar-refractivity contribution in [1.82, 2.24) is 14.2 Å². The molecule has 0 bridgehead atoms. The number of nitriles is 1. The predicted molar refractivity (Wildman–Crippen MR) is 62.3 cm³/mol. The molecule has 0 amide bonds. The second-order valence-electron chi connectivity index (χ2n) is 3.04. The first-order valence-corrected chi connectivity index (χ1v) is 5.53. The average Bonchev–Trinajstić information content (AvgIpc) is 2.68. The van der Waals surface area contributed by atoms with Crippen LogP contribution >= 0.6 is 11.9 Å². The maximum Gasteiger partial charge on any atom is 0.243 e.